The van der Waals surface area contributed by atoms with Crippen molar-refractivity contribution in [1.82, 2.24) is 15.0 Å². The van der Waals surface area contributed by atoms with Crippen LogP contribution in [0.4, 0.5) is 0 Å². The first-order valence-corrected chi connectivity index (χ1v) is 8.21. The predicted octanol–water partition coefficient (Wildman–Crippen LogP) is 2.77. The van der Waals surface area contributed by atoms with Gasteiger partial charge in [-0.3, -0.25) is 4.79 Å². The van der Waals surface area contributed by atoms with Crippen LogP contribution in [0.3, 0.4) is 0 Å². The molecule has 0 aliphatic rings. The normalized spacial score (nSPS) is 11.5. The molecule has 0 saturated carbocycles. The molecule has 0 fully saturated rings. The van der Waals surface area contributed by atoms with E-state index in [9.17, 15) is 4.79 Å². The molecule has 1 aromatic carbocycles. The van der Waals surface area contributed by atoms with Crippen LogP contribution < -0.4 is 5.73 Å². The summed E-state index contributed by atoms with van der Waals surface area (Å²) in [7, 11) is 1.78. The Morgan fingerprint density at radius 3 is 2.62 bits per heavy atom. The Morgan fingerprint density at radius 1 is 1.33 bits per heavy atom. The van der Waals surface area contributed by atoms with E-state index in [0.717, 1.165) is 5.56 Å². The standard InChI is InChI=1S/C17H23ClN4O2/c1-17(2,10-19)11-22(3)15(23)9-8-14-20-16(21-24-14)12-4-6-13(18)7-5-12/h4-7H,8-11,19H2,1-3H3. The molecule has 0 spiro atoms. The zero-order valence-corrected chi connectivity index (χ0v) is 15.0. The van der Waals surface area contributed by atoms with Crippen LogP contribution >= 0.6 is 11.6 Å². The summed E-state index contributed by atoms with van der Waals surface area (Å²) in [6.45, 7) is 5.21. The van der Waals surface area contributed by atoms with E-state index >= 15 is 0 Å². The van der Waals surface area contributed by atoms with E-state index in [4.69, 9.17) is 21.9 Å². The molecule has 1 heterocycles. The molecule has 2 rings (SSSR count). The molecular weight excluding hydrogens is 328 g/mol. The second-order valence-corrected chi connectivity index (χ2v) is 7.07. The maximum absolute atomic E-state index is 12.2. The maximum Gasteiger partial charge on any atom is 0.227 e. The largest absolute Gasteiger partial charge is 0.345 e. The van der Waals surface area contributed by atoms with Crippen molar-refractivity contribution in [2.75, 3.05) is 20.1 Å². The lowest BCUT2D eigenvalue weighted by Crippen LogP contribution is -2.39. The number of carbonyl (C=O) groups is 1. The van der Waals surface area contributed by atoms with E-state index in [-0.39, 0.29) is 11.3 Å². The zero-order chi connectivity index (χ0) is 17.7. The molecule has 7 heteroatoms. The van der Waals surface area contributed by atoms with Crippen molar-refractivity contribution in [3.8, 4) is 11.4 Å². The molecule has 24 heavy (non-hydrogen) atoms. The smallest absolute Gasteiger partial charge is 0.227 e. The SMILES string of the molecule is CN(CC(C)(C)CN)C(=O)CCc1nc(-c2ccc(Cl)cc2)no1. The average Bonchev–Trinajstić information content (AvgIpc) is 3.01. The van der Waals surface area contributed by atoms with E-state index in [1.54, 1.807) is 24.1 Å². The zero-order valence-electron chi connectivity index (χ0n) is 14.3. The first-order valence-electron chi connectivity index (χ1n) is 7.83. The number of aromatic nitrogens is 2. The van der Waals surface area contributed by atoms with Gasteiger partial charge in [-0.1, -0.05) is 30.6 Å². The quantitative estimate of drug-likeness (QED) is 0.829. The first kappa shape index (κ1) is 18.4. The van der Waals surface area contributed by atoms with Gasteiger partial charge in [-0.05, 0) is 36.2 Å². The van der Waals surface area contributed by atoms with Crippen LogP contribution in [0.15, 0.2) is 28.8 Å². The van der Waals surface area contributed by atoms with E-state index < -0.39 is 0 Å². The molecule has 1 amide bonds. The summed E-state index contributed by atoms with van der Waals surface area (Å²) in [4.78, 5) is 18.2. The van der Waals surface area contributed by atoms with E-state index in [0.29, 0.717) is 42.7 Å². The highest BCUT2D eigenvalue weighted by molar-refractivity contribution is 6.30. The van der Waals surface area contributed by atoms with Crippen molar-refractivity contribution < 1.29 is 9.32 Å². The van der Waals surface area contributed by atoms with Gasteiger partial charge in [0.25, 0.3) is 0 Å². The number of halogens is 1. The van der Waals surface area contributed by atoms with Gasteiger partial charge in [-0.2, -0.15) is 4.98 Å². The number of nitrogens with zero attached hydrogens (tertiary/aromatic N) is 3. The highest BCUT2D eigenvalue weighted by atomic mass is 35.5. The number of aryl methyl sites for hydroxylation is 1. The van der Waals surface area contributed by atoms with Crippen LogP contribution in [-0.4, -0.2) is 41.1 Å². The Bertz CT molecular complexity index is 682. The number of rotatable bonds is 7. The van der Waals surface area contributed by atoms with Gasteiger partial charge < -0.3 is 15.2 Å². The van der Waals surface area contributed by atoms with Gasteiger partial charge in [-0.25, -0.2) is 0 Å². The minimum absolute atomic E-state index is 0.0303. The molecule has 2 N–H and O–H groups in total. The topological polar surface area (TPSA) is 85.2 Å². The Hall–Kier alpha value is -1.92. The molecule has 130 valence electrons. The van der Waals surface area contributed by atoms with Crippen molar-refractivity contribution in [3.63, 3.8) is 0 Å². The summed E-state index contributed by atoms with van der Waals surface area (Å²) >= 11 is 5.86. The minimum atomic E-state index is -0.101. The molecule has 0 aliphatic heterocycles. The lowest BCUT2D eigenvalue weighted by Gasteiger charge is -2.29. The molecule has 0 radical (unpaired) electrons. The third-order valence-corrected chi connectivity index (χ3v) is 4.02. The van der Waals surface area contributed by atoms with Crippen LogP contribution in [0, 0.1) is 5.41 Å². The molecule has 0 unspecified atom stereocenters. The number of amides is 1. The van der Waals surface area contributed by atoms with Gasteiger partial charge in [-0.15, -0.1) is 0 Å². The Balaban J connectivity index is 1.91. The number of benzene rings is 1. The highest BCUT2D eigenvalue weighted by Crippen LogP contribution is 2.19. The van der Waals surface area contributed by atoms with Gasteiger partial charge in [0.1, 0.15) is 0 Å². The van der Waals surface area contributed by atoms with Crippen molar-refractivity contribution in [3.05, 3.63) is 35.2 Å². The fraction of sp³-hybridized carbons (Fsp3) is 0.471. The second kappa shape index (κ2) is 7.77. The van der Waals surface area contributed by atoms with Gasteiger partial charge in [0.2, 0.25) is 17.6 Å². The summed E-state index contributed by atoms with van der Waals surface area (Å²) < 4.78 is 5.22. The fourth-order valence-corrected chi connectivity index (χ4v) is 2.40. The molecule has 0 bridgehead atoms. The maximum atomic E-state index is 12.2. The molecule has 6 nitrogen and oxygen atoms in total. The summed E-state index contributed by atoms with van der Waals surface area (Å²) in [5.41, 5.74) is 6.43. The van der Waals surface area contributed by atoms with Crippen molar-refractivity contribution in [1.29, 1.82) is 0 Å². The fourth-order valence-electron chi connectivity index (χ4n) is 2.27. The van der Waals surface area contributed by atoms with Crippen LogP contribution in [0.2, 0.25) is 5.02 Å². The lowest BCUT2D eigenvalue weighted by molar-refractivity contribution is -0.131. The summed E-state index contributed by atoms with van der Waals surface area (Å²) in [6.07, 6.45) is 0.728. The van der Waals surface area contributed by atoms with Crippen molar-refractivity contribution >= 4 is 17.5 Å². The number of carbonyl (C=O) groups excluding carboxylic acids is 1. The molecule has 0 aliphatic carbocycles. The van der Waals surface area contributed by atoms with Gasteiger partial charge in [0.15, 0.2) is 0 Å². The minimum Gasteiger partial charge on any atom is -0.345 e. The van der Waals surface area contributed by atoms with Crippen LogP contribution in [0.1, 0.15) is 26.2 Å². The van der Waals surface area contributed by atoms with Gasteiger partial charge in [0, 0.05) is 37.0 Å². The van der Waals surface area contributed by atoms with Crippen LogP contribution in [-0.2, 0) is 11.2 Å². The monoisotopic (exact) mass is 350 g/mol. The number of hydrogen-bond acceptors (Lipinski definition) is 5. The molecule has 0 saturated heterocycles. The molecule has 2 aromatic rings. The van der Waals surface area contributed by atoms with Gasteiger partial charge >= 0.3 is 0 Å². The van der Waals surface area contributed by atoms with Crippen molar-refractivity contribution in [2.45, 2.75) is 26.7 Å². The van der Waals surface area contributed by atoms with Crippen LogP contribution in [0.5, 0.6) is 0 Å². The summed E-state index contributed by atoms with van der Waals surface area (Å²) in [6, 6.07) is 7.19. The van der Waals surface area contributed by atoms with Crippen molar-refractivity contribution in [2.24, 2.45) is 11.1 Å². The number of hydrogen-bond donors (Lipinski definition) is 1. The summed E-state index contributed by atoms with van der Waals surface area (Å²) in [5, 5.41) is 4.59. The average molecular weight is 351 g/mol. The summed E-state index contributed by atoms with van der Waals surface area (Å²) in [5.74, 6) is 0.967. The second-order valence-electron chi connectivity index (χ2n) is 6.64. The third-order valence-electron chi connectivity index (χ3n) is 3.77. The van der Waals surface area contributed by atoms with E-state index in [1.807, 2.05) is 26.0 Å². The molecular formula is C17H23ClN4O2. The lowest BCUT2D eigenvalue weighted by atomic mass is 9.93. The Kier molecular flexibility index (Phi) is 5.96. The molecule has 1 aromatic heterocycles. The highest BCUT2D eigenvalue weighted by Gasteiger charge is 2.21. The van der Waals surface area contributed by atoms with E-state index in [2.05, 4.69) is 10.1 Å². The number of nitrogens with two attached hydrogens (primary N) is 1. The first-order chi connectivity index (χ1) is 11.3. The Morgan fingerprint density at radius 2 is 2.00 bits per heavy atom. The Labute approximate surface area is 147 Å². The third kappa shape index (κ3) is 5.04. The molecule has 0 atom stereocenters. The van der Waals surface area contributed by atoms with Crippen LogP contribution in [0.25, 0.3) is 11.4 Å². The van der Waals surface area contributed by atoms with Gasteiger partial charge in [0.05, 0.1) is 0 Å². The van der Waals surface area contributed by atoms with E-state index in [1.165, 1.54) is 0 Å². The predicted molar refractivity (Wildman–Crippen MR) is 93.5 cm³/mol.